The van der Waals surface area contributed by atoms with E-state index >= 15 is 0 Å². The predicted octanol–water partition coefficient (Wildman–Crippen LogP) is 5.86. The van der Waals surface area contributed by atoms with Crippen molar-refractivity contribution < 1.29 is 27.1 Å². The van der Waals surface area contributed by atoms with Crippen LogP contribution in [0, 0.1) is 5.82 Å². The van der Waals surface area contributed by atoms with Gasteiger partial charge in [0.15, 0.2) is 0 Å². The zero-order valence-corrected chi connectivity index (χ0v) is 26.9. The topological polar surface area (TPSA) is 96.0 Å². The number of benzene rings is 3. The van der Waals surface area contributed by atoms with Crippen LogP contribution in [-0.4, -0.2) is 56.6 Å². The Hall–Kier alpha value is -3.57. The van der Waals surface area contributed by atoms with Crippen LogP contribution in [0.2, 0.25) is 0 Å². The maximum atomic E-state index is 14.1. The van der Waals surface area contributed by atoms with Crippen molar-refractivity contribution in [3.8, 4) is 5.75 Å². The number of sulfonamides is 1. The lowest BCUT2D eigenvalue weighted by Crippen LogP contribution is -2.53. The van der Waals surface area contributed by atoms with E-state index in [9.17, 15) is 22.4 Å². The van der Waals surface area contributed by atoms with Gasteiger partial charge in [-0.2, -0.15) is 0 Å². The third-order valence-corrected chi connectivity index (χ3v) is 9.55. The van der Waals surface area contributed by atoms with Crippen molar-refractivity contribution in [3.05, 3.63) is 84.2 Å². The average Bonchev–Trinajstić information content (AvgIpc) is 3.01. The Morgan fingerprint density at radius 3 is 2.09 bits per heavy atom. The van der Waals surface area contributed by atoms with Gasteiger partial charge in [-0.3, -0.25) is 13.9 Å². The second-order valence-electron chi connectivity index (χ2n) is 10.0. The first-order valence-electron chi connectivity index (χ1n) is 14.3. The number of amides is 2. The molecule has 1 N–H and O–H groups in total. The third kappa shape index (κ3) is 8.96. The number of ether oxygens (including phenoxy) is 1. The van der Waals surface area contributed by atoms with Crippen LogP contribution in [0.4, 0.5) is 10.1 Å². The van der Waals surface area contributed by atoms with Crippen LogP contribution in [0.5, 0.6) is 5.75 Å². The summed E-state index contributed by atoms with van der Waals surface area (Å²) < 4.78 is 48.3. The highest BCUT2D eigenvalue weighted by molar-refractivity contribution is 7.98. The van der Waals surface area contributed by atoms with Gasteiger partial charge in [0.25, 0.3) is 10.0 Å². The quantitative estimate of drug-likeness (QED) is 0.212. The molecule has 8 nitrogen and oxygen atoms in total. The minimum Gasteiger partial charge on any atom is -0.494 e. The van der Waals surface area contributed by atoms with Gasteiger partial charge >= 0.3 is 0 Å². The van der Waals surface area contributed by atoms with Gasteiger partial charge in [-0.1, -0.05) is 26.0 Å². The molecule has 0 aromatic heterocycles. The molecule has 0 radical (unpaired) electrons. The van der Waals surface area contributed by atoms with Gasteiger partial charge in [0.1, 0.15) is 24.2 Å². The Morgan fingerprint density at radius 2 is 1.56 bits per heavy atom. The SMILES string of the molecule is CCOc1ccc(N(CC(=O)N(Cc2ccc(F)cc2)[C@H](CC)C(=O)N[C@@H](C)CC)S(=O)(=O)c2ccc(SC)cc2)cc1. The minimum absolute atomic E-state index is 0.00880. The van der Waals surface area contributed by atoms with Gasteiger partial charge in [0.05, 0.1) is 17.2 Å². The van der Waals surface area contributed by atoms with Crippen molar-refractivity contribution in [2.45, 2.75) is 69.0 Å². The third-order valence-electron chi connectivity index (χ3n) is 7.02. The average molecular weight is 630 g/mol. The predicted molar refractivity (Wildman–Crippen MR) is 169 cm³/mol. The lowest BCUT2D eigenvalue weighted by atomic mass is 10.1. The van der Waals surface area contributed by atoms with Crippen LogP contribution in [0.25, 0.3) is 0 Å². The van der Waals surface area contributed by atoms with E-state index in [1.807, 2.05) is 27.0 Å². The fraction of sp³-hybridized carbons (Fsp3) is 0.375. The Labute approximate surface area is 258 Å². The molecule has 3 rings (SSSR count). The second kappa shape index (κ2) is 15.8. The van der Waals surface area contributed by atoms with Gasteiger partial charge in [0.2, 0.25) is 11.8 Å². The fourth-order valence-corrected chi connectivity index (χ4v) is 6.25. The second-order valence-corrected chi connectivity index (χ2v) is 12.7. The summed E-state index contributed by atoms with van der Waals surface area (Å²) in [6.07, 6.45) is 2.89. The molecule has 0 aliphatic rings. The lowest BCUT2D eigenvalue weighted by molar-refractivity contribution is -0.140. The molecule has 0 aliphatic heterocycles. The molecule has 0 heterocycles. The van der Waals surface area contributed by atoms with Crippen LogP contribution < -0.4 is 14.4 Å². The summed E-state index contributed by atoms with van der Waals surface area (Å²) in [7, 11) is -4.20. The first-order chi connectivity index (χ1) is 20.5. The van der Waals surface area contributed by atoms with Gasteiger partial charge in [-0.25, -0.2) is 12.8 Å². The van der Waals surface area contributed by atoms with Crippen LogP contribution in [0.15, 0.2) is 82.6 Å². The first kappa shape index (κ1) is 33.9. The number of hydrogen-bond donors (Lipinski definition) is 1. The maximum absolute atomic E-state index is 14.1. The van der Waals surface area contributed by atoms with E-state index in [2.05, 4.69) is 5.32 Å². The van der Waals surface area contributed by atoms with Crippen LogP contribution in [0.3, 0.4) is 0 Å². The molecule has 0 saturated heterocycles. The van der Waals surface area contributed by atoms with Crippen molar-refractivity contribution in [2.24, 2.45) is 0 Å². The molecular formula is C32H40FN3O5S2. The highest BCUT2D eigenvalue weighted by atomic mass is 32.2. The smallest absolute Gasteiger partial charge is 0.264 e. The Bertz CT molecular complexity index is 1450. The molecule has 232 valence electrons. The normalized spacial score (nSPS) is 12.7. The van der Waals surface area contributed by atoms with E-state index in [4.69, 9.17) is 4.74 Å². The zero-order chi connectivity index (χ0) is 31.6. The number of halogens is 1. The van der Waals surface area contributed by atoms with E-state index < -0.39 is 34.3 Å². The monoisotopic (exact) mass is 629 g/mol. The Balaban J connectivity index is 2.06. The van der Waals surface area contributed by atoms with Gasteiger partial charge in [-0.05, 0) is 99.2 Å². The fourth-order valence-electron chi connectivity index (χ4n) is 4.43. The van der Waals surface area contributed by atoms with Crippen LogP contribution in [-0.2, 0) is 26.2 Å². The summed E-state index contributed by atoms with van der Waals surface area (Å²) in [6, 6.07) is 17.6. The van der Waals surface area contributed by atoms with E-state index in [0.717, 1.165) is 9.20 Å². The van der Waals surface area contributed by atoms with E-state index in [0.29, 0.717) is 30.8 Å². The maximum Gasteiger partial charge on any atom is 0.264 e. The molecule has 43 heavy (non-hydrogen) atoms. The molecule has 11 heteroatoms. The minimum atomic E-state index is -4.20. The van der Waals surface area contributed by atoms with Crippen molar-refractivity contribution in [2.75, 3.05) is 23.7 Å². The van der Waals surface area contributed by atoms with Gasteiger partial charge < -0.3 is 15.0 Å². The molecule has 0 aliphatic carbocycles. The van der Waals surface area contributed by atoms with Crippen LogP contribution in [0.1, 0.15) is 46.1 Å². The summed E-state index contributed by atoms with van der Waals surface area (Å²) in [6.45, 7) is 7.33. The molecule has 2 amide bonds. The number of hydrogen-bond acceptors (Lipinski definition) is 6. The summed E-state index contributed by atoms with van der Waals surface area (Å²) in [5.41, 5.74) is 0.872. The molecule has 0 unspecified atom stereocenters. The van der Waals surface area contributed by atoms with Crippen LogP contribution >= 0.6 is 11.8 Å². The summed E-state index contributed by atoms with van der Waals surface area (Å²) in [5, 5.41) is 2.94. The van der Waals surface area contributed by atoms with E-state index in [1.54, 1.807) is 55.5 Å². The number of rotatable bonds is 15. The van der Waals surface area contributed by atoms with E-state index in [1.165, 1.54) is 40.9 Å². The Kier molecular flexibility index (Phi) is 12.4. The molecule has 0 fully saturated rings. The standard InChI is InChI=1S/C32H40FN3O5S2/c1-6-23(4)34-32(38)30(7-2)35(21-24-9-11-25(33)12-10-24)31(37)22-36(26-13-15-27(16-14-26)41-8-3)43(39,40)29-19-17-28(42-5)18-20-29/h9-20,23,30H,6-8,21-22H2,1-5H3,(H,34,38)/t23-,30+/m0/s1. The highest BCUT2D eigenvalue weighted by Gasteiger charge is 2.34. The van der Waals surface area contributed by atoms with Gasteiger partial charge in [-0.15, -0.1) is 11.8 Å². The molecule has 3 aromatic rings. The number of carbonyl (C=O) groups is 2. The van der Waals surface area contributed by atoms with Crippen molar-refractivity contribution in [3.63, 3.8) is 0 Å². The number of anilines is 1. The van der Waals surface area contributed by atoms with E-state index in [-0.39, 0.29) is 29.1 Å². The molecule has 0 saturated carbocycles. The summed E-state index contributed by atoms with van der Waals surface area (Å²) in [4.78, 5) is 29.8. The number of carbonyl (C=O) groups excluding carboxylic acids is 2. The van der Waals surface area contributed by atoms with Crippen molar-refractivity contribution in [1.82, 2.24) is 10.2 Å². The summed E-state index contributed by atoms with van der Waals surface area (Å²) >= 11 is 1.48. The lowest BCUT2D eigenvalue weighted by Gasteiger charge is -2.33. The zero-order valence-electron chi connectivity index (χ0n) is 25.2. The summed E-state index contributed by atoms with van der Waals surface area (Å²) in [5.74, 6) is -0.780. The molecule has 2 atom stereocenters. The first-order valence-corrected chi connectivity index (χ1v) is 16.9. The highest BCUT2D eigenvalue weighted by Crippen LogP contribution is 2.28. The number of thioether (sulfide) groups is 1. The number of nitrogens with one attached hydrogen (secondary N) is 1. The Morgan fingerprint density at radius 1 is 0.930 bits per heavy atom. The molecule has 0 spiro atoms. The molecule has 3 aromatic carbocycles. The number of nitrogens with zero attached hydrogens (tertiary/aromatic N) is 2. The van der Waals surface area contributed by atoms with Gasteiger partial charge in [0, 0.05) is 17.5 Å². The largest absolute Gasteiger partial charge is 0.494 e. The molecule has 0 bridgehead atoms. The molecular weight excluding hydrogens is 590 g/mol. The van der Waals surface area contributed by atoms with Crippen molar-refractivity contribution >= 4 is 39.3 Å². The van der Waals surface area contributed by atoms with Crippen molar-refractivity contribution in [1.29, 1.82) is 0 Å².